The van der Waals surface area contributed by atoms with E-state index < -0.39 is 22.6 Å². The van der Waals surface area contributed by atoms with Crippen molar-refractivity contribution in [3.63, 3.8) is 0 Å². The molecule has 1 aliphatic rings. The second kappa shape index (κ2) is 5.66. The van der Waals surface area contributed by atoms with Crippen LogP contribution in [0.2, 0.25) is 0 Å². The number of carboxylic acid groups (broad SMARTS) is 1. The second-order valence-corrected chi connectivity index (χ2v) is 5.25. The summed E-state index contributed by atoms with van der Waals surface area (Å²) in [5, 5.41) is 27.1. The zero-order valence-electron chi connectivity index (χ0n) is 11.2. The number of hydrogen-bond donors (Lipinski definition) is 4. The molecule has 1 aliphatic carbocycles. The van der Waals surface area contributed by atoms with E-state index in [1.807, 2.05) is 0 Å². The third-order valence-corrected chi connectivity index (χ3v) is 3.82. The van der Waals surface area contributed by atoms with Crippen LogP contribution >= 0.6 is 0 Å². The van der Waals surface area contributed by atoms with Gasteiger partial charge >= 0.3 is 11.7 Å². The van der Waals surface area contributed by atoms with Crippen LogP contribution in [-0.4, -0.2) is 44.1 Å². The van der Waals surface area contributed by atoms with E-state index in [1.54, 1.807) is 0 Å². The quantitative estimate of drug-likeness (QED) is 0.478. The van der Waals surface area contributed by atoms with Crippen LogP contribution in [0.3, 0.4) is 0 Å². The van der Waals surface area contributed by atoms with Crippen LogP contribution in [0, 0.1) is 11.3 Å². The Labute approximate surface area is 119 Å². The minimum Gasteiger partial charge on any atom is -0.478 e. The molecular formula is C13H16N2O6. The molecule has 0 bridgehead atoms. The number of H-pyrrole nitrogens is 1. The number of nitrogens with one attached hydrogen (secondary N) is 1. The van der Waals surface area contributed by atoms with Crippen LogP contribution < -0.4 is 11.2 Å². The first-order chi connectivity index (χ1) is 9.91. The van der Waals surface area contributed by atoms with Gasteiger partial charge in [0.05, 0.1) is 12.2 Å². The van der Waals surface area contributed by atoms with E-state index in [2.05, 4.69) is 4.98 Å². The minimum absolute atomic E-state index is 0.0336. The Kier molecular flexibility index (Phi) is 4.10. The number of carboxylic acids is 1. The lowest BCUT2D eigenvalue weighted by Crippen LogP contribution is -2.34. The average Bonchev–Trinajstić information content (AvgIpc) is 3.14. The summed E-state index contributed by atoms with van der Waals surface area (Å²) in [7, 11) is 0. The smallest absolute Gasteiger partial charge is 0.328 e. The van der Waals surface area contributed by atoms with Gasteiger partial charge in [-0.05, 0) is 18.4 Å². The third kappa shape index (κ3) is 3.11. The number of aliphatic hydroxyl groups excluding tert-OH is 2. The topological polar surface area (TPSA) is 133 Å². The van der Waals surface area contributed by atoms with Gasteiger partial charge in [-0.3, -0.25) is 14.3 Å². The molecule has 8 heteroatoms. The summed E-state index contributed by atoms with van der Waals surface area (Å²) in [6.45, 7) is -0.104. The highest BCUT2D eigenvalue weighted by Gasteiger charge is 2.53. The lowest BCUT2D eigenvalue weighted by molar-refractivity contribution is -0.131. The number of rotatable bonds is 6. The first-order valence-electron chi connectivity index (χ1n) is 6.38. The number of carbonyl (C=O) groups is 1. The van der Waals surface area contributed by atoms with Gasteiger partial charge in [-0.15, -0.1) is 0 Å². The van der Waals surface area contributed by atoms with Crippen molar-refractivity contribution in [3.05, 3.63) is 38.7 Å². The highest BCUT2D eigenvalue weighted by atomic mass is 16.4. The van der Waals surface area contributed by atoms with Gasteiger partial charge < -0.3 is 15.3 Å². The Hall–Kier alpha value is -2.19. The zero-order chi connectivity index (χ0) is 15.6. The molecule has 2 atom stereocenters. The summed E-state index contributed by atoms with van der Waals surface area (Å²) in [6.07, 6.45) is 3.74. The van der Waals surface area contributed by atoms with E-state index in [-0.39, 0.29) is 31.2 Å². The fourth-order valence-corrected chi connectivity index (χ4v) is 2.39. The van der Waals surface area contributed by atoms with Gasteiger partial charge in [0.1, 0.15) is 0 Å². The molecule has 0 spiro atoms. The molecule has 1 fully saturated rings. The SMILES string of the molecule is O=C(O)/C=C/c1cn(C[C@]2(CO)C[C@H]2CO)c(=O)[nH]c1=O. The summed E-state index contributed by atoms with van der Waals surface area (Å²) in [4.78, 5) is 35.9. The van der Waals surface area contributed by atoms with Crippen molar-refractivity contribution < 1.29 is 20.1 Å². The van der Waals surface area contributed by atoms with Crippen molar-refractivity contribution in [1.29, 1.82) is 0 Å². The van der Waals surface area contributed by atoms with E-state index in [1.165, 1.54) is 10.8 Å². The Bertz CT molecular complexity index is 689. The number of aliphatic carboxylic acids is 1. The van der Waals surface area contributed by atoms with E-state index >= 15 is 0 Å². The van der Waals surface area contributed by atoms with E-state index in [9.17, 15) is 19.5 Å². The molecule has 1 aromatic heterocycles. The van der Waals surface area contributed by atoms with Crippen LogP contribution in [0.5, 0.6) is 0 Å². The fraction of sp³-hybridized carbons (Fsp3) is 0.462. The molecule has 1 heterocycles. The predicted octanol–water partition coefficient (Wildman–Crippen LogP) is -1.37. The van der Waals surface area contributed by atoms with Crippen molar-refractivity contribution in [3.8, 4) is 0 Å². The number of aliphatic hydroxyl groups is 2. The second-order valence-electron chi connectivity index (χ2n) is 5.25. The molecule has 4 N–H and O–H groups in total. The van der Waals surface area contributed by atoms with Crippen molar-refractivity contribution in [2.75, 3.05) is 13.2 Å². The molecule has 0 unspecified atom stereocenters. The highest BCUT2D eigenvalue weighted by Crippen LogP contribution is 2.52. The average molecular weight is 296 g/mol. The number of aromatic nitrogens is 2. The third-order valence-electron chi connectivity index (χ3n) is 3.82. The summed E-state index contributed by atoms with van der Waals surface area (Å²) in [5.74, 6) is -1.29. The van der Waals surface area contributed by atoms with Crippen LogP contribution in [0.15, 0.2) is 21.9 Å². The van der Waals surface area contributed by atoms with Crippen molar-refractivity contribution in [1.82, 2.24) is 9.55 Å². The molecule has 1 aromatic rings. The first kappa shape index (κ1) is 15.2. The molecule has 1 saturated carbocycles. The minimum atomic E-state index is -1.21. The van der Waals surface area contributed by atoms with Gasteiger partial charge in [-0.1, -0.05) is 0 Å². The molecule has 0 saturated heterocycles. The lowest BCUT2D eigenvalue weighted by atomic mass is 10.1. The first-order valence-corrected chi connectivity index (χ1v) is 6.38. The number of nitrogens with zero attached hydrogens (tertiary/aromatic N) is 1. The zero-order valence-corrected chi connectivity index (χ0v) is 11.2. The number of hydrogen-bond acceptors (Lipinski definition) is 5. The van der Waals surface area contributed by atoms with Crippen molar-refractivity contribution in [2.45, 2.75) is 13.0 Å². The molecule has 0 aromatic carbocycles. The molecule has 0 radical (unpaired) electrons. The Morgan fingerprint density at radius 1 is 1.48 bits per heavy atom. The summed E-state index contributed by atoms with van der Waals surface area (Å²) >= 11 is 0. The Morgan fingerprint density at radius 3 is 2.71 bits per heavy atom. The van der Waals surface area contributed by atoms with Gasteiger partial charge in [0.15, 0.2) is 0 Å². The molecule has 114 valence electrons. The van der Waals surface area contributed by atoms with E-state index in [0.29, 0.717) is 6.42 Å². The maximum absolute atomic E-state index is 11.8. The number of aromatic amines is 1. The molecule has 2 rings (SSSR count). The van der Waals surface area contributed by atoms with Gasteiger partial charge in [0.2, 0.25) is 0 Å². The van der Waals surface area contributed by atoms with E-state index in [0.717, 1.165) is 12.2 Å². The monoisotopic (exact) mass is 296 g/mol. The molecule has 0 amide bonds. The standard InChI is InChI=1S/C13H16N2O6/c16-5-9-3-13(9,7-17)6-15-4-8(1-2-10(18)19)11(20)14-12(15)21/h1-2,4,9,16-17H,3,5-7H2,(H,18,19)(H,14,20,21)/b2-1+/t9-,13-/m0/s1. The van der Waals surface area contributed by atoms with Gasteiger partial charge in [0.25, 0.3) is 5.56 Å². The molecule has 21 heavy (non-hydrogen) atoms. The molecule has 8 nitrogen and oxygen atoms in total. The predicted molar refractivity (Wildman–Crippen MR) is 72.7 cm³/mol. The van der Waals surface area contributed by atoms with Crippen LogP contribution in [0.25, 0.3) is 6.08 Å². The van der Waals surface area contributed by atoms with Gasteiger partial charge in [0, 0.05) is 30.8 Å². The summed E-state index contributed by atoms with van der Waals surface area (Å²) in [5.41, 5.74) is -1.85. The molecule has 0 aliphatic heterocycles. The summed E-state index contributed by atoms with van der Waals surface area (Å²) in [6, 6.07) is 0. The lowest BCUT2D eigenvalue weighted by Gasteiger charge is -2.15. The Morgan fingerprint density at radius 2 is 2.19 bits per heavy atom. The normalized spacial score (nSPS) is 24.4. The fourth-order valence-electron chi connectivity index (χ4n) is 2.39. The maximum atomic E-state index is 11.8. The van der Waals surface area contributed by atoms with Crippen molar-refractivity contribution in [2.24, 2.45) is 11.3 Å². The van der Waals surface area contributed by atoms with Crippen LogP contribution in [0.1, 0.15) is 12.0 Å². The summed E-state index contributed by atoms with van der Waals surface area (Å²) < 4.78 is 1.22. The van der Waals surface area contributed by atoms with Crippen LogP contribution in [-0.2, 0) is 11.3 Å². The largest absolute Gasteiger partial charge is 0.478 e. The van der Waals surface area contributed by atoms with Gasteiger partial charge in [-0.25, -0.2) is 9.59 Å². The molecular weight excluding hydrogens is 280 g/mol. The Balaban J connectivity index is 2.32. The highest BCUT2D eigenvalue weighted by molar-refractivity contribution is 5.85. The van der Waals surface area contributed by atoms with Gasteiger partial charge in [-0.2, -0.15) is 0 Å². The maximum Gasteiger partial charge on any atom is 0.328 e. The van der Waals surface area contributed by atoms with E-state index in [4.69, 9.17) is 10.2 Å². The van der Waals surface area contributed by atoms with Crippen LogP contribution in [0.4, 0.5) is 0 Å². The van der Waals surface area contributed by atoms with Crippen molar-refractivity contribution >= 4 is 12.0 Å².